The fraction of sp³-hybridized carbons (Fsp3) is 0.529. The molecule has 0 radical (unpaired) electrons. The Morgan fingerprint density at radius 3 is 2.65 bits per heavy atom. The Bertz CT molecular complexity index is 557. The van der Waals surface area contributed by atoms with Crippen molar-refractivity contribution >= 4 is 11.8 Å². The second kappa shape index (κ2) is 8.04. The number of piperidine rings is 1. The van der Waals surface area contributed by atoms with Crippen LogP contribution in [0, 0.1) is 17.6 Å². The number of rotatable bonds is 5. The Kier molecular flexibility index (Phi) is 6.07. The van der Waals surface area contributed by atoms with Crippen molar-refractivity contribution in [2.24, 2.45) is 5.92 Å². The summed E-state index contributed by atoms with van der Waals surface area (Å²) >= 11 is 0. The zero-order chi connectivity index (χ0) is 16.8. The van der Waals surface area contributed by atoms with Crippen LogP contribution in [0.3, 0.4) is 0 Å². The van der Waals surface area contributed by atoms with Crippen molar-refractivity contribution in [1.82, 2.24) is 10.2 Å². The molecule has 1 aliphatic rings. The molecule has 1 atom stereocenters. The quantitative estimate of drug-likeness (QED) is 0.905. The molecule has 0 saturated carbocycles. The third-order valence-electron chi connectivity index (χ3n) is 4.05. The van der Waals surface area contributed by atoms with Crippen molar-refractivity contribution in [3.8, 4) is 0 Å². The Labute approximate surface area is 134 Å². The first-order valence-corrected chi connectivity index (χ1v) is 8.03. The summed E-state index contributed by atoms with van der Waals surface area (Å²) in [4.78, 5) is 25.4. The van der Waals surface area contributed by atoms with Gasteiger partial charge in [0, 0.05) is 26.1 Å². The van der Waals surface area contributed by atoms with Crippen LogP contribution in [-0.4, -0.2) is 36.3 Å². The van der Waals surface area contributed by atoms with E-state index in [1.54, 1.807) is 0 Å². The third kappa shape index (κ3) is 4.50. The molecule has 23 heavy (non-hydrogen) atoms. The van der Waals surface area contributed by atoms with Gasteiger partial charge in [-0.2, -0.15) is 0 Å². The lowest BCUT2D eigenvalue weighted by Crippen LogP contribution is -2.44. The first-order chi connectivity index (χ1) is 11.0. The summed E-state index contributed by atoms with van der Waals surface area (Å²) in [5.74, 6) is -2.19. The van der Waals surface area contributed by atoms with Crippen molar-refractivity contribution in [3.63, 3.8) is 0 Å². The summed E-state index contributed by atoms with van der Waals surface area (Å²) in [7, 11) is 0. The Hall–Kier alpha value is -1.98. The van der Waals surface area contributed by atoms with Crippen LogP contribution in [0.1, 0.15) is 43.0 Å². The molecular weight excluding hydrogens is 302 g/mol. The summed E-state index contributed by atoms with van der Waals surface area (Å²) in [6, 6.07) is 3.41. The average molecular weight is 324 g/mol. The maximum absolute atomic E-state index is 13.7. The van der Waals surface area contributed by atoms with Gasteiger partial charge in [0.25, 0.3) is 5.91 Å². The molecule has 1 heterocycles. The standard InChI is InChI=1S/C17H22F2N2O2/c1-2-5-15(22)20-10-12-6-4-9-21(11-12)17(23)16-13(18)7-3-8-14(16)19/h3,7-8,12H,2,4-6,9-11H2,1H3,(H,20,22). The number of benzene rings is 1. The molecule has 0 bridgehead atoms. The van der Waals surface area contributed by atoms with E-state index in [-0.39, 0.29) is 11.8 Å². The van der Waals surface area contributed by atoms with Gasteiger partial charge < -0.3 is 10.2 Å². The summed E-state index contributed by atoms with van der Waals surface area (Å²) in [5, 5.41) is 2.85. The number of nitrogens with zero attached hydrogens (tertiary/aromatic N) is 1. The van der Waals surface area contributed by atoms with Gasteiger partial charge in [0.15, 0.2) is 0 Å². The van der Waals surface area contributed by atoms with E-state index < -0.39 is 23.1 Å². The summed E-state index contributed by atoms with van der Waals surface area (Å²) in [6.45, 7) is 3.30. The van der Waals surface area contributed by atoms with Crippen LogP contribution in [-0.2, 0) is 4.79 Å². The fourth-order valence-corrected chi connectivity index (χ4v) is 2.85. The lowest BCUT2D eigenvalue weighted by atomic mass is 9.97. The van der Waals surface area contributed by atoms with Crippen LogP contribution in [0.4, 0.5) is 8.78 Å². The minimum Gasteiger partial charge on any atom is -0.356 e. The Balaban J connectivity index is 1.98. The first kappa shape index (κ1) is 17.4. The molecule has 0 aliphatic carbocycles. The van der Waals surface area contributed by atoms with Gasteiger partial charge in [-0.3, -0.25) is 9.59 Å². The van der Waals surface area contributed by atoms with Gasteiger partial charge in [-0.1, -0.05) is 13.0 Å². The molecule has 1 N–H and O–H groups in total. The van der Waals surface area contributed by atoms with Crippen LogP contribution in [0.5, 0.6) is 0 Å². The minimum atomic E-state index is -0.839. The second-order valence-corrected chi connectivity index (χ2v) is 5.91. The van der Waals surface area contributed by atoms with Crippen molar-refractivity contribution in [2.75, 3.05) is 19.6 Å². The van der Waals surface area contributed by atoms with Gasteiger partial charge in [0.1, 0.15) is 17.2 Å². The van der Waals surface area contributed by atoms with Crippen molar-refractivity contribution < 1.29 is 18.4 Å². The lowest BCUT2D eigenvalue weighted by Gasteiger charge is -2.33. The molecule has 2 amide bonds. The highest BCUT2D eigenvalue weighted by molar-refractivity contribution is 5.94. The lowest BCUT2D eigenvalue weighted by molar-refractivity contribution is -0.121. The zero-order valence-electron chi connectivity index (χ0n) is 13.3. The molecule has 1 aromatic rings. The van der Waals surface area contributed by atoms with E-state index in [2.05, 4.69) is 5.32 Å². The van der Waals surface area contributed by atoms with Gasteiger partial charge in [0.05, 0.1) is 0 Å². The monoisotopic (exact) mass is 324 g/mol. The van der Waals surface area contributed by atoms with Gasteiger partial charge in [-0.05, 0) is 37.3 Å². The predicted octanol–water partition coefficient (Wildman–Crippen LogP) is 2.73. The molecule has 1 fully saturated rings. The number of likely N-dealkylation sites (tertiary alicyclic amines) is 1. The molecule has 126 valence electrons. The summed E-state index contributed by atoms with van der Waals surface area (Å²) in [6.07, 6.45) is 2.91. The Morgan fingerprint density at radius 2 is 2.00 bits per heavy atom. The van der Waals surface area contributed by atoms with Crippen molar-refractivity contribution in [2.45, 2.75) is 32.6 Å². The number of amides is 2. The maximum atomic E-state index is 13.7. The highest BCUT2D eigenvalue weighted by atomic mass is 19.1. The van der Waals surface area contributed by atoms with Crippen molar-refractivity contribution in [1.29, 1.82) is 0 Å². The SMILES string of the molecule is CCCC(=O)NCC1CCCN(C(=O)c2c(F)cccc2F)C1. The number of carbonyl (C=O) groups is 2. The highest BCUT2D eigenvalue weighted by Gasteiger charge is 2.28. The molecule has 1 aliphatic heterocycles. The van der Waals surface area contributed by atoms with Gasteiger partial charge in [-0.15, -0.1) is 0 Å². The van der Waals surface area contributed by atoms with E-state index in [1.807, 2.05) is 6.92 Å². The van der Waals surface area contributed by atoms with E-state index in [9.17, 15) is 18.4 Å². The first-order valence-electron chi connectivity index (χ1n) is 8.03. The average Bonchev–Trinajstić information content (AvgIpc) is 2.53. The van der Waals surface area contributed by atoms with E-state index >= 15 is 0 Å². The van der Waals surface area contributed by atoms with E-state index in [0.29, 0.717) is 26.1 Å². The smallest absolute Gasteiger partial charge is 0.259 e. The summed E-state index contributed by atoms with van der Waals surface area (Å²) in [5.41, 5.74) is -0.497. The van der Waals surface area contributed by atoms with E-state index in [4.69, 9.17) is 0 Å². The molecule has 6 heteroatoms. The third-order valence-corrected chi connectivity index (χ3v) is 4.05. The van der Waals surface area contributed by atoms with E-state index in [0.717, 1.165) is 31.4 Å². The maximum Gasteiger partial charge on any atom is 0.259 e. The van der Waals surface area contributed by atoms with Gasteiger partial charge in [-0.25, -0.2) is 8.78 Å². The normalized spacial score (nSPS) is 17.9. The number of carbonyl (C=O) groups excluding carboxylic acids is 2. The zero-order valence-corrected chi connectivity index (χ0v) is 13.3. The van der Waals surface area contributed by atoms with Crippen LogP contribution >= 0.6 is 0 Å². The number of hydrogen-bond acceptors (Lipinski definition) is 2. The highest BCUT2D eigenvalue weighted by Crippen LogP contribution is 2.21. The molecule has 0 aromatic heterocycles. The molecule has 1 saturated heterocycles. The van der Waals surface area contributed by atoms with Crippen LogP contribution in [0.25, 0.3) is 0 Å². The second-order valence-electron chi connectivity index (χ2n) is 5.91. The molecular formula is C17H22F2N2O2. The number of nitrogens with one attached hydrogen (secondary N) is 1. The van der Waals surface area contributed by atoms with Gasteiger partial charge in [0.2, 0.25) is 5.91 Å². The van der Waals surface area contributed by atoms with E-state index in [1.165, 1.54) is 11.0 Å². The number of hydrogen-bond donors (Lipinski definition) is 1. The minimum absolute atomic E-state index is 0.00361. The molecule has 1 aromatic carbocycles. The molecule has 0 spiro atoms. The topological polar surface area (TPSA) is 49.4 Å². The Morgan fingerprint density at radius 1 is 1.30 bits per heavy atom. The summed E-state index contributed by atoms with van der Waals surface area (Å²) < 4.78 is 27.5. The predicted molar refractivity (Wildman–Crippen MR) is 82.9 cm³/mol. The van der Waals surface area contributed by atoms with Crippen LogP contribution in [0.2, 0.25) is 0 Å². The van der Waals surface area contributed by atoms with Crippen molar-refractivity contribution in [3.05, 3.63) is 35.4 Å². The molecule has 1 unspecified atom stereocenters. The van der Waals surface area contributed by atoms with Crippen LogP contribution < -0.4 is 5.32 Å². The molecule has 4 nitrogen and oxygen atoms in total. The van der Waals surface area contributed by atoms with Gasteiger partial charge >= 0.3 is 0 Å². The fourth-order valence-electron chi connectivity index (χ4n) is 2.85. The van der Waals surface area contributed by atoms with Crippen LogP contribution in [0.15, 0.2) is 18.2 Å². The number of halogens is 2. The largest absolute Gasteiger partial charge is 0.356 e. The molecule has 2 rings (SSSR count).